The second kappa shape index (κ2) is 6.26. The molecule has 1 aromatic heterocycles. The van der Waals surface area contributed by atoms with E-state index in [2.05, 4.69) is 21.6 Å². The van der Waals surface area contributed by atoms with Crippen LogP contribution in [0.2, 0.25) is 0 Å². The van der Waals surface area contributed by atoms with Crippen LogP contribution in [0.25, 0.3) is 0 Å². The zero-order valence-corrected chi connectivity index (χ0v) is 9.05. The Labute approximate surface area is 97.9 Å². The third-order valence-electron chi connectivity index (χ3n) is 1.85. The van der Waals surface area contributed by atoms with Gasteiger partial charge >= 0.3 is 12.1 Å². The Kier molecular flexibility index (Phi) is 4.68. The highest BCUT2D eigenvalue weighted by Crippen LogP contribution is 2.04. The predicted molar refractivity (Wildman–Crippen MR) is 59.6 cm³/mol. The predicted octanol–water partition coefficient (Wildman–Crippen LogP) is 1.19. The summed E-state index contributed by atoms with van der Waals surface area (Å²) in [4.78, 5) is 25.8. The molecular formula is C11H12N2O4. The summed E-state index contributed by atoms with van der Waals surface area (Å²) in [5.74, 6) is -1.09. The van der Waals surface area contributed by atoms with E-state index in [-0.39, 0.29) is 24.4 Å². The Bertz CT molecular complexity index is 431. The smallest absolute Gasteiger partial charge is 0.407 e. The molecule has 1 rings (SSSR count). The monoisotopic (exact) mass is 236 g/mol. The molecule has 0 aromatic carbocycles. The normalized spacial score (nSPS) is 9.41. The molecule has 0 fully saturated rings. The van der Waals surface area contributed by atoms with Crippen molar-refractivity contribution in [3.8, 4) is 0 Å². The number of rotatable bonds is 5. The molecule has 0 spiro atoms. The lowest BCUT2D eigenvalue weighted by Gasteiger charge is -2.06. The Morgan fingerprint density at radius 2 is 2.35 bits per heavy atom. The average molecular weight is 236 g/mol. The van der Waals surface area contributed by atoms with E-state index in [4.69, 9.17) is 5.11 Å². The van der Waals surface area contributed by atoms with Crippen molar-refractivity contribution in [1.29, 1.82) is 0 Å². The Morgan fingerprint density at radius 3 is 3.00 bits per heavy atom. The van der Waals surface area contributed by atoms with Crippen molar-refractivity contribution in [1.82, 2.24) is 10.3 Å². The Balaban J connectivity index is 2.60. The maximum absolute atomic E-state index is 11.1. The second-order valence-corrected chi connectivity index (χ2v) is 3.04. The summed E-state index contributed by atoms with van der Waals surface area (Å²) in [6, 6.07) is 2.93. The first-order valence-electron chi connectivity index (χ1n) is 4.84. The van der Waals surface area contributed by atoms with Crippen molar-refractivity contribution in [3.63, 3.8) is 0 Å². The Morgan fingerprint density at radius 1 is 1.59 bits per heavy atom. The number of hydrogen-bond acceptors (Lipinski definition) is 4. The molecule has 17 heavy (non-hydrogen) atoms. The van der Waals surface area contributed by atoms with Gasteiger partial charge in [-0.25, -0.2) is 9.59 Å². The first-order chi connectivity index (χ1) is 8.15. The topological polar surface area (TPSA) is 88.5 Å². The van der Waals surface area contributed by atoms with Crippen molar-refractivity contribution in [2.45, 2.75) is 6.54 Å². The van der Waals surface area contributed by atoms with E-state index in [9.17, 15) is 9.59 Å². The van der Waals surface area contributed by atoms with Crippen LogP contribution in [-0.2, 0) is 11.3 Å². The van der Waals surface area contributed by atoms with Crippen molar-refractivity contribution >= 4 is 12.1 Å². The molecule has 1 amide bonds. The maximum Gasteiger partial charge on any atom is 0.407 e. The standard InChI is InChI=1S/C11H12N2O4/c1-2-6-17-11(16)13-7-9-8(10(14)15)4-3-5-12-9/h2-5H,1,6-7H2,(H,13,16)(H,14,15). The molecule has 0 unspecified atom stereocenters. The fourth-order valence-electron chi connectivity index (χ4n) is 1.12. The van der Waals surface area contributed by atoms with Gasteiger partial charge in [0.15, 0.2) is 0 Å². The Hall–Kier alpha value is -2.37. The van der Waals surface area contributed by atoms with Crippen molar-refractivity contribution in [2.75, 3.05) is 6.61 Å². The van der Waals surface area contributed by atoms with E-state index in [1.165, 1.54) is 24.4 Å². The highest BCUT2D eigenvalue weighted by molar-refractivity contribution is 5.88. The molecule has 6 nitrogen and oxygen atoms in total. The number of aromatic nitrogens is 1. The van der Waals surface area contributed by atoms with E-state index in [1.807, 2.05) is 0 Å². The number of ether oxygens (including phenoxy) is 1. The van der Waals surface area contributed by atoms with Crippen LogP contribution in [0, 0.1) is 0 Å². The summed E-state index contributed by atoms with van der Waals surface area (Å²) in [5, 5.41) is 11.3. The molecule has 0 aliphatic rings. The average Bonchev–Trinajstić information content (AvgIpc) is 2.34. The number of pyridine rings is 1. The zero-order chi connectivity index (χ0) is 12.7. The highest BCUT2D eigenvalue weighted by Gasteiger charge is 2.11. The summed E-state index contributed by atoms with van der Waals surface area (Å²) in [5.41, 5.74) is 0.326. The van der Waals surface area contributed by atoms with Gasteiger partial charge in [0.2, 0.25) is 0 Å². The molecule has 1 heterocycles. The molecule has 2 N–H and O–H groups in total. The number of carbonyl (C=O) groups excluding carboxylic acids is 1. The van der Waals surface area contributed by atoms with Crippen LogP contribution >= 0.6 is 0 Å². The van der Waals surface area contributed by atoms with Crippen molar-refractivity contribution in [3.05, 3.63) is 42.2 Å². The third-order valence-corrected chi connectivity index (χ3v) is 1.85. The van der Waals surface area contributed by atoms with Crippen LogP contribution in [0.1, 0.15) is 16.1 Å². The molecule has 0 saturated heterocycles. The second-order valence-electron chi connectivity index (χ2n) is 3.04. The maximum atomic E-state index is 11.1. The lowest BCUT2D eigenvalue weighted by molar-refractivity contribution is 0.0694. The van der Waals surface area contributed by atoms with E-state index in [1.54, 1.807) is 0 Å². The van der Waals surface area contributed by atoms with Gasteiger partial charge in [0, 0.05) is 6.20 Å². The van der Waals surface area contributed by atoms with E-state index < -0.39 is 12.1 Å². The molecule has 0 aliphatic heterocycles. The lowest BCUT2D eigenvalue weighted by Crippen LogP contribution is -2.25. The number of nitrogens with one attached hydrogen (secondary N) is 1. The van der Waals surface area contributed by atoms with Crippen LogP contribution < -0.4 is 5.32 Å². The summed E-state index contributed by atoms with van der Waals surface area (Å²) in [6.07, 6.45) is 2.24. The molecule has 0 aliphatic carbocycles. The number of hydrogen-bond donors (Lipinski definition) is 2. The largest absolute Gasteiger partial charge is 0.478 e. The SMILES string of the molecule is C=CCOC(=O)NCc1ncccc1C(=O)O. The summed E-state index contributed by atoms with van der Waals surface area (Å²) in [7, 11) is 0. The molecular weight excluding hydrogens is 224 g/mol. The third kappa shape index (κ3) is 3.94. The van der Waals surface area contributed by atoms with Crippen LogP contribution in [0.3, 0.4) is 0 Å². The van der Waals surface area contributed by atoms with Crippen molar-refractivity contribution < 1.29 is 19.4 Å². The number of alkyl carbamates (subject to hydrolysis) is 1. The minimum absolute atomic E-state index is 0.00154. The molecule has 0 radical (unpaired) electrons. The van der Waals surface area contributed by atoms with Crippen LogP contribution in [0.15, 0.2) is 31.0 Å². The van der Waals surface area contributed by atoms with Crippen molar-refractivity contribution in [2.24, 2.45) is 0 Å². The summed E-state index contributed by atoms with van der Waals surface area (Å²) in [6.45, 7) is 3.49. The molecule has 6 heteroatoms. The minimum Gasteiger partial charge on any atom is -0.478 e. The lowest BCUT2D eigenvalue weighted by atomic mass is 10.2. The highest BCUT2D eigenvalue weighted by atomic mass is 16.5. The first-order valence-corrected chi connectivity index (χ1v) is 4.84. The van der Waals surface area contributed by atoms with E-state index >= 15 is 0 Å². The number of aromatic carboxylic acids is 1. The summed E-state index contributed by atoms with van der Waals surface area (Å²) >= 11 is 0. The molecule has 1 aromatic rings. The van der Waals surface area contributed by atoms with Crippen LogP contribution in [0.4, 0.5) is 4.79 Å². The minimum atomic E-state index is -1.09. The van der Waals surface area contributed by atoms with Gasteiger partial charge < -0.3 is 15.2 Å². The van der Waals surface area contributed by atoms with Gasteiger partial charge in [0.1, 0.15) is 6.61 Å². The van der Waals surface area contributed by atoms with E-state index in [0.717, 1.165) is 0 Å². The number of amides is 1. The van der Waals surface area contributed by atoms with Gasteiger partial charge in [-0.2, -0.15) is 0 Å². The van der Waals surface area contributed by atoms with Gasteiger partial charge in [0.25, 0.3) is 0 Å². The fourth-order valence-corrected chi connectivity index (χ4v) is 1.12. The number of carbonyl (C=O) groups is 2. The van der Waals surface area contributed by atoms with Gasteiger partial charge in [-0.3, -0.25) is 4.98 Å². The first kappa shape index (κ1) is 12.7. The number of carboxylic acids is 1. The van der Waals surface area contributed by atoms with Gasteiger partial charge in [-0.1, -0.05) is 12.7 Å². The number of nitrogens with zero attached hydrogens (tertiary/aromatic N) is 1. The van der Waals surface area contributed by atoms with E-state index in [0.29, 0.717) is 0 Å². The summed E-state index contributed by atoms with van der Waals surface area (Å²) < 4.78 is 4.67. The van der Waals surface area contributed by atoms with Crippen LogP contribution in [0.5, 0.6) is 0 Å². The fraction of sp³-hybridized carbons (Fsp3) is 0.182. The van der Waals surface area contributed by atoms with Gasteiger partial charge in [0.05, 0.1) is 17.8 Å². The molecule has 90 valence electrons. The quantitative estimate of drug-likeness (QED) is 0.750. The van der Waals surface area contributed by atoms with Gasteiger partial charge in [-0.15, -0.1) is 0 Å². The van der Waals surface area contributed by atoms with Gasteiger partial charge in [-0.05, 0) is 12.1 Å². The molecule has 0 saturated carbocycles. The zero-order valence-electron chi connectivity index (χ0n) is 9.05. The molecule has 0 bridgehead atoms. The molecule has 0 atom stereocenters. The number of carboxylic acid groups (broad SMARTS) is 1. The van der Waals surface area contributed by atoms with Crippen LogP contribution in [-0.4, -0.2) is 28.8 Å².